The maximum atomic E-state index is 12.3. The first-order chi connectivity index (χ1) is 16.3. The molecule has 3 aromatic rings. The fourth-order valence-electron chi connectivity index (χ4n) is 2.76. The van der Waals surface area contributed by atoms with Gasteiger partial charge in [-0.05, 0) is 72.8 Å². The number of thioether (sulfide) groups is 1. The van der Waals surface area contributed by atoms with E-state index in [-0.39, 0.29) is 18.9 Å². The Labute approximate surface area is 210 Å². The lowest BCUT2D eigenvalue weighted by Crippen LogP contribution is -2.21. The quantitative estimate of drug-likeness (QED) is 0.282. The van der Waals surface area contributed by atoms with E-state index in [4.69, 9.17) is 27.9 Å². The van der Waals surface area contributed by atoms with Crippen LogP contribution in [0.4, 0.5) is 16.2 Å². The Morgan fingerprint density at radius 2 is 1.35 bits per heavy atom. The highest BCUT2D eigenvalue weighted by Gasteiger charge is 2.20. The predicted octanol–water partition coefficient (Wildman–Crippen LogP) is 6.43. The molecule has 34 heavy (non-hydrogen) atoms. The number of carboxylic acid groups (broad SMARTS) is 1. The summed E-state index contributed by atoms with van der Waals surface area (Å²) in [5.74, 6) is -1.30. The van der Waals surface area contributed by atoms with E-state index in [1.165, 1.54) is 0 Å². The number of rotatable bonds is 9. The van der Waals surface area contributed by atoms with Gasteiger partial charge in [0.25, 0.3) is 5.91 Å². The zero-order chi connectivity index (χ0) is 24.5. The standard InChI is InChI=1S/C24H20Cl2N2O5S/c25-16-3-1-15(2-4-16)22(29)27-18-9-11-20(12-10-18)34-21(23(30)31)13-14-33-24(32)28-19-7-5-17(26)6-8-19/h1-12,21H,13-14H2,(H,27,29)(H,28,32)(H,30,31). The second kappa shape index (κ2) is 12.3. The molecule has 0 saturated carbocycles. The maximum absolute atomic E-state index is 12.3. The molecule has 0 heterocycles. The number of aliphatic carboxylic acids is 1. The first-order valence-corrected chi connectivity index (χ1v) is 11.7. The molecule has 0 aliphatic carbocycles. The van der Waals surface area contributed by atoms with Crippen LogP contribution in [0, 0.1) is 0 Å². The maximum Gasteiger partial charge on any atom is 0.411 e. The van der Waals surface area contributed by atoms with Crippen molar-refractivity contribution in [2.45, 2.75) is 16.6 Å². The first-order valence-electron chi connectivity index (χ1n) is 10.1. The fourth-order valence-corrected chi connectivity index (χ4v) is 3.95. The van der Waals surface area contributed by atoms with Crippen molar-refractivity contribution in [1.82, 2.24) is 0 Å². The topological polar surface area (TPSA) is 105 Å². The zero-order valence-electron chi connectivity index (χ0n) is 17.7. The van der Waals surface area contributed by atoms with E-state index in [2.05, 4.69) is 10.6 Å². The molecule has 0 saturated heterocycles. The molecule has 0 radical (unpaired) electrons. The van der Waals surface area contributed by atoms with Crippen LogP contribution in [-0.4, -0.2) is 34.9 Å². The van der Waals surface area contributed by atoms with Gasteiger partial charge in [-0.25, -0.2) is 4.79 Å². The number of nitrogens with one attached hydrogen (secondary N) is 2. The second-order valence-corrected chi connectivity index (χ2v) is 9.14. The molecule has 3 rings (SSSR count). The van der Waals surface area contributed by atoms with E-state index >= 15 is 0 Å². The third-order valence-electron chi connectivity index (χ3n) is 4.48. The molecule has 176 valence electrons. The molecule has 1 atom stereocenters. The number of amides is 2. The van der Waals surface area contributed by atoms with Gasteiger partial charge in [0.1, 0.15) is 5.25 Å². The van der Waals surface area contributed by atoms with Crippen LogP contribution in [-0.2, 0) is 9.53 Å². The van der Waals surface area contributed by atoms with Gasteiger partial charge in [-0.3, -0.25) is 14.9 Å². The average Bonchev–Trinajstić information content (AvgIpc) is 2.81. The molecule has 0 fully saturated rings. The van der Waals surface area contributed by atoms with Gasteiger partial charge in [0.15, 0.2) is 0 Å². The lowest BCUT2D eigenvalue weighted by molar-refractivity contribution is -0.136. The molecule has 1 unspecified atom stereocenters. The van der Waals surface area contributed by atoms with E-state index in [0.29, 0.717) is 31.9 Å². The molecule has 0 aromatic heterocycles. The normalized spacial score (nSPS) is 11.4. The van der Waals surface area contributed by atoms with Crippen LogP contribution in [0.1, 0.15) is 16.8 Å². The minimum absolute atomic E-state index is 0.0708. The summed E-state index contributed by atoms with van der Waals surface area (Å²) in [6.45, 7) is -0.0708. The Morgan fingerprint density at radius 1 is 0.824 bits per heavy atom. The largest absolute Gasteiger partial charge is 0.480 e. The lowest BCUT2D eigenvalue weighted by atomic mass is 10.2. The van der Waals surface area contributed by atoms with Gasteiger partial charge in [0.05, 0.1) is 6.61 Å². The van der Waals surface area contributed by atoms with Crippen LogP contribution in [0.2, 0.25) is 10.0 Å². The van der Waals surface area contributed by atoms with E-state index in [1.807, 2.05) is 0 Å². The summed E-state index contributed by atoms with van der Waals surface area (Å²) in [5.41, 5.74) is 1.55. The first kappa shape index (κ1) is 25.4. The number of carbonyl (C=O) groups is 3. The van der Waals surface area contributed by atoms with Crippen molar-refractivity contribution >= 4 is 64.3 Å². The van der Waals surface area contributed by atoms with Gasteiger partial charge in [-0.1, -0.05) is 23.2 Å². The van der Waals surface area contributed by atoms with Crippen molar-refractivity contribution in [2.24, 2.45) is 0 Å². The molecule has 7 nitrogen and oxygen atoms in total. The summed E-state index contributed by atoms with van der Waals surface area (Å²) in [6.07, 6.45) is -0.569. The van der Waals surface area contributed by atoms with Gasteiger partial charge in [-0.15, -0.1) is 11.8 Å². The Hall–Kier alpha value is -3.20. The summed E-state index contributed by atoms with van der Waals surface area (Å²) < 4.78 is 5.09. The van der Waals surface area contributed by atoms with Crippen LogP contribution in [0.5, 0.6) is 0 Å². The molecular formula is C24H20Cl2N2O5S. The van der Waals surface area contributed by atoms with Gasteiger partial charge in [0, 0.05) is 38.3 Å². The summed E-state index contributed by atoms with van der Waals surface area (Å²) in [5, 5.41) is 15.1. The molecule has 10 heteroatoms. The lowest BCUT2D eigenvalue weighted by Gasteiger charge is -2.13. The van der Waals surface area contributed by atoms with E-state index in [1.54, 1.807) is 72.8 Å². The smallest absolute Gasteiger partial charge is 0.411 e. The third kappa shape index (κ3) is 7.98. The molecule has 3 aromatic carbocycles. The van der Waals surface area contributed by atoms with Crippen LogP contribution in [0.25, 0.3) is 0 Å². The highest BCUT2D eigenvalue weighted by atomic mass is 35.5. The van der Waals surface area contributed by atoms with Crippen molar-refractivity contribution < 1.29 is 24.2 Å². The molecule has 3 N–H and O–H groups in total. The zero-order valence-corrected chi connectivity index (χ0v) is 20.0. The van der Waals surface area contributed by atoms with Crippen LogP contribution in [0.15, 0.2) is 77.7 Å². The van der Waals surface area contributed by atoms with Gasteiger partial charge >= 0.3 is 12.1 Å². The Bertz CT molecular complexity index is 1140. The molecule has 2 amide bonds. The van der Waals surface area contributed by atoms with Gasteiger partial charge in [-0.2, -0.15) is 0 Å². The van der Waals surface area contributed by atoms with Crippen LogP contribution < -0.4 is 10.6 Å². The number of carboxylic acids is 1. The number of halogens is 2. The SMILES string of the molecule is O=C(Nc1ccc(Cl)cc1)OCCC(Sc1ccc(NC(=O)c2ccc(Cl)cc2)cc1)C(=O)O. The third-order valence-corrected chi connectivity index (χ3v) is 6.25. The van der Waals surface area contributed by atoms with Crippen molar-refractivity contribution in [3.05, 3.63) is 88.4 Å². The molecule has 0 aliphatic rings. The molecule has 0 bridgehead atoms. The van der Waals surface area contributed by atoms with Crippen molar-refractivity contribution in [3.8, 4) is 0 Å². The fraction of sp³-hybridized carbons (Fsp3) is 0.125. The summed E-state index contributed by atoms with van der Waals surface area (Å²) in [7, 11) is 0. The molecule has 0 spiro atoms. The van der Waals surface area contributed by atoms with Crippen molar-refractivity contribution in [2.75, 3.05) is 17.2 Å². The summed E-state index contributed by atoms with van der Waals surface area (Å²) in [6, 6.07) is 19.8. The van der Waals surface area contributed by atoms with Crippen molar-refractivity contribution in [3.63, 3.8) is 0 Å². The highest BCUT2D eigenvalue weighted by molar-refractivity contribution is 8.00. The second-order valence-electron chi connectivity index (χ2n) is 6.99. The number of benzene rings is 3. The highest BCUT2D eigenvalue weighted by Crippen LogP contribution is 2.27. The van der Waals surface area contributed by atoms with Crippen LogP contribution >= 0.6 is 35.0 Å². The summed E-state index contributed by atoms with van der Waals surface area (Å²) >= 11 is 12.8. The molecule has 0 aliphatic heterocycles. The Balaban J connectivity index is 1.48. The number of hydrogen-bond donors (Lipinski definition) is 3. The van der Waals surface area contributed by atoms with E-state index in [0.717, 1.165) is 11.8 Å². The van der Waals surface area contributed by atoms with Gasteiger partial charge in [0.2, 0.25) is 0 Å². The van der Waals surface area contributed by atoms with E-state index in [9.17, 15) is 19.5 Å². The van der Waals surface area contributed by atoms with Crippen molar-refractivity contribution in [1.29, 1.82) is 0 Å². The minimum atomic E-state index is -1.02. The number of ether oxygens (including phenoxy) is 1. The average molecular weight is 519 g/mol. The Morgan fingerprint density at radius 3 is 1.94 bits per heavy atom. The predicted molar refractivity (Wildman–Crippen MR) is 134 cm³/mol. The molecular weight excluding hydrogens is 499 g/mol. The van der Waals surface area contributed by atoms with Gasteiger partial charge < -0.3 is 15.2 Å². The van der Waals surface area contributed by atoms with E-state index < -0.39 is 17.3 Å². The van der Waals surface area contributed by atoms with Crippen LogP contribution in [0.3, 0.4) is 0 Å². The number of carbonyl (C=O) groups excluding carboxylic acids is 2. The monoisotopic (exact) mass is 518 g/mol. The summed E-state index contributed by atoms with van der Waals surface area (Å²) in [4.78, 5) is 36.5. The number of anilines is 2. The number of hydrogen-bond acceptors (Lipinski definition) is 5. The minimum Gasteiger partial charge on any atom is -0.480 e. The Kier molecular flexibility index (Phi) is 9.21.